The van der Waals surface area contributed by atoms with Crippen LogP contribution in [0.3, 0.4) is 0 Å². The van der Waals surface area contributed by atoms with Crippen molar-refractivity contribution in [3.63, 3.8) is 0 Å². The van der Waals surface area contributed by atoms with Crippen LogP contribution in [-0.2, 0) is 23.2 Å². The lowest BCUT2D eigenvalue weighted by Gasteiger charge is -2.19. The quantitative estimate of drug-likeness (QED) is 0.277. The van der Waals surface area contributed by atoms with Crippen molar-refractivity contribution in [2.24, 2.45) is 0 Å². The van der Waals surface area contributed by atoms with Crippen LogP contribution >= 0.6 is 11.6 Å². The number of fused-ring (bicyclic) bond motifs is 2. The molecule has 0 saturated carbocycles. The molecular formula is C31H28ClNO2. The second-order valence-electron chi connectivity index (χ2n) is 10.1. The molecule has 0 saturated heterocycles. The number of halogens is 1. The van der Waals surface area contributed by atoms with Crippen molar-refractivity contribution in [2.45, 2.75) is 45.6 Å². The van der Waals surface area contributed by atoms with E-state index in [4.69, 9.17) is 21.3 Å². The minimum atomic E-state index is -0.299. The van der Waals surface area contributed by atoms with Crippen LogP contribution < -0.4 is 0 Å². The van der Waals surface area contributed by atoms with Crippen LogP contribution in [-0.4, -0.2) is 11.0 Å². The van der Waals surface area contributed by atoms with E-state index in [9.17, 15) is 4.79 Å². The lowest BCUT2D eigenvalue weighted by Crippen LogP contribution is -2.12. The molecule has 4 heteroatoms. The molecule has 0 unspecified atom stereocenters. The first-order chi connectivity index (χ1) is 16.8. The average Bonchev–Trinajstić information content (AvgIpc) is 3.24. The molecule has 35 heavy (non-hydrogen) atoms. The Labute approximate surface area is 211 Å². The number of ether oxygens (including phenoxy) is 1. The number of rotatable bonds is 4. The highest BCUT2D eigenvalue weighted by molar-refractivity contribution is 6.30. The number of pyridine rings is 1. The number of nitrogens with zero attached hydrogens (tertiary/aromatic N) is 1. The predicted molar refractivity (Wildman–Crippen MR) is 144 cm³/mol. The minimum absolute atomic E-state index is 0.0863. The molecule has 1 heterocycles. The molecule has 1 aliphatic carbocycles. The van der Waals surface area contributed by atoms with Crippen LogP contribution in [0.25, 0.3) is 22.6 Å². The molecule has 1 aromatic heterocycles. The standard InChI is InChI=1S/C31H28ClNO2/c1-31(2,3)23-13-8-21(9-14-23)19-35-30(34)28-25-6-4-5-7-27(25)33-29-22(12-17-26(28)29)18-20-10-15-24(32)16-11-20/h4-11,13-16,18H,12,17,19H2,1-3H3. The van der Waals surface area contributed by atoms with Crippen LogP contribution in [0.2, 0.25) is 5.02 Å². The molecule has 0 N–H and O–H groups in total. The van der Waals surface area contributed by atoms with E-state index in [0.29, 0.717) is 10.6 Å². The van der Waals surface area contributed by atoms with E-state index in [0.717, 1.165) is 51.7 Å². The molecule has 1 aliphatic rings. The Kier molecular flexibility index (Phi) is 6.21. The lowest BCUT2D eigenvalue weighted by atomic mass is 9.87. The van der Waals surface area contributed by atoms with Crippen molar-refractivity contribution in [2.75, 3.05) is 0 Å². The summed E-state index contributed by atoms with van der Waals surface area (Å²) in [5.74, 6) is -0.299. The van der Waals surface area contributed by atoms with E-state index in [2.05, 4.69) is 39.0 Å². The molecule has 0 atom stereocenters. The van der Waals surface area contributed by atoms with E-state index in [-0.39, 0.29) is 18.0 Å². The van der Waals surface area contributed by atoms with E-state index < -0.39 is 0 Å². The molecule has 176 valence electrons. The van der Waals surface area contributed by atoms with Gasteiger partial charge in [-0.1, -0.05) is 87.0 Å². The van der Waals surface area contributed by atoms with Gasteiger partial charge >= 0.3 is 5.97 Å². The van der Waals surface area contributed by atoms with Crippen molar-refractivity contribution in [1.82, 2.24) is 4.98 Å². The van der Waals surface area contributed by atoms with Crippen LogP contribution in [0.1, 0.15) is 65.5 Å². The second kappa shape index (κ2) is 9.31. The van der Waals surface area contributed by atoms with Crippen molar-refractivity contribution in [3.8, 4) is 0 Å². The Bertz CT molecular complexity index is 1430. The summed E-state index contributed by atoms with van der Waals surface area (Å²) >= 11 is 6.05. The molecule has 0 fully saturated rings. The highest BCUT2D eigenvalue weighted by atomic mass is 35.5. The Morgan fingerprint density at radius 3 is 2.40 bits per heavy atom. The van der Waals surface area contributed by atoms with Crippen molar-refractivity contribution in [3.05, 3.63) is 111 Å². The number of aromatic nitrogens is 1. The summed E-state index contributed by atoms with van der Waals surface area (Å²) in [6, 6.07) is 23.8. The van der Waals surface area contributed by atoms with Crippen LogP contribution in [0, 0.1) is 0 Å². The third-order valence-electron chi connectivity index (χ3n) is 6.55. The van der Waals surface area contributed by atoms with Crippen LogP contribution in [0.5, 0.6) is 0 Å². The van der Waals surface area contributed by atoms with Gasteiger partial charge in [0.2, 0.25) is 0 Å². The molecule has 3 nitrogen and oxygen atoms in total. The largest absolute Gasteiger partial charge is 0.457 e. The van der Waals surface area contributed by atoms with Crippen LogP contribution in [0.15, 0.2) is 72.8 Å². The van der Waals surface area contributed by atoms with E-state index in [1.807, 2.05) is 60.7 Å². The molecule has 0 amide bonds. The molecule has 0 spiro atoms. The van der Waals surface area contributed by atoms with Gasteiger partial charge < -0.3 is 4.74 Å². The molecule has 0 aliphatic heterocycles. The van der Waals surface area contributed by atoms with Crippen LogP contribution in [0.4, 0.5) is 0 Å². The second-order valence-corrected chi connectivity index (χ2v) is 10.5. The minimum Gasteiger partial charge on any atom is -0.457 e. The van der Waals surface area contributed by atoms with Gasteiger partial charge in [0, 0.05) is 10.4 Å². The van der Waals surface area contributed by atoms with Crippen molar-refractivity contribution < 1.29 is 9.53 Å². The highest BCUT2D eigenvalue weighted by Crippen LogP contribution is 2.38. The molecule has 4 aromatic rings. The first-order valence-corrected chi connectivity index (χ1v) is 12.3. The summed E-state index contributed by atoms with van der Waals surface area (Å²) in [6.07, 6.45) is 3.73. The lowest BCUT2D eigenvalue weighted by molar-refractivity contribution is 0.0474. The number of hydrogen-bond acceptors (Lipinski definition) is 3. The Balaban J connectivity index is 1.47. The van der Waals surface area contributed by atoms with Gasteiger partial charge in [0.05, 0.1) is 16.8 Å². The summed E-state index contributed by atoms with van der Waals surface area (Å²) in [4.78, 5) is 18.4. The zero-order valence-electron chi connectivity index (χ0n) is 20.3. The first kappa shape index (κ1) is 23.3. The van der Waals surface area contributed by atoms with E-state index in [1.54, 1.807) is 0 Å². The third kappa shape index (κ3) is 4.87. The smallest absolute Gasteiger partial charge is 0.339 e. The summed E-state index contributed by atoms with van der Waals surface area (Å²) in [5, 5.41) is 1.55. The highest BCUT2D eigenvalue weighted by Gasteiger charge is 2.27. The molecular weight excluding hydrogens is 454 g/mol. The van der Waals surface area contributed by atoms with Gasteiger partial charge in [-0.2, -0.15) is 0 Å². The number of carbonyl (C=O) groups excluding carboxylic acids is 1. The third-order valence-corrected chi connectivity index (χ3v) is 6.80. The topological polar surface area (TPSA) is 39.2 Å². The monoisotopic (exact) mass is 481 g/mol. The maximum absolute atomic E-state index is 13.4. The fourth-order valence-corrected chi connectivity index (χ4v) is 4.72. The Hall–Kier alpha value is -3.43. The van der Waals surface area contributed by atoms with Gasteiger partial charge in [0.1, 0.15) is 6.61 Å². The summed E-state index contributed by atoms with van der Waals surface area (Å²) in [6.45, 7) is 6.80. The van der Waals surface area contributed by atoms with E-state index in [1.165, 1.54) is 5.56 Å². The Morgan fingerprint density at radius 1 is 0.971 bits per heavy atom. The fraction of sp³-hybridized carbons (Fsp3) is 0.226. The zero-order valence-corrected chi connectivity index (χ0v) is 21.0. The van der Waals surface area contributed by atoms with Gasteiger partial charge in [0.25, 0.3) is 0 Å². The van der Waals surface area contributed by atoms with Gasteiger partial charge in [-0.15, -0.1) is 0 Å². The summed E-state index contributed by atoms with van der Waals surface area (Å²) in [5.41, 5.74) is 7.80. The first-order valence-electron chi connectivity index (χ1n) is 11.9. The number of allylic oxidation sites excluding steroid dienone is 1. The SMILES string of the molecule is CC(C)(C)c1ccc(COC(=O)c2c3c(nc4ccccc24)C(=Cc2ccc(Cl)cc2)CC3)cc1. The number of para-hydroxylation sites is 1. The Morgan fingerprint density at radius 2 is 1.69 bits per heavy atom. The van der Waals surface area contributed by atoms with Crippen molar-refractivity contribution >= 4 is 40.1 Å². The number of benzene rings is 3. The average molecular weight is 482 g/mol. The fourth-order valence-electron chi connectivity index (χ4n) is 4.59. The molecule has 5 rings (SSSR count). The zero-order chi connectivity index (χ0) is 24.6. The van der Waals surface area contributed by atoms with Crippen molar-refractivity contribution in [1.29, 1.82) is 0 Å². The van der Waals surface area contributed by atoms with Gasteiger partial charge in [-0.25, -0.2) is 9.78 Å². The van der Waals surface area contributed by atoms with E-state index >= 15 is 0 Å². The number of hydrogen-bond donors (Lipinski definition) is 0. The molecule has 0 radical (unpaired) electrons. The maximum Gasteiger partial charge on any atom is 0.339 e. The summed E-state index contributed by atoms with van der Waals surface area (Å²) < 4.78 is 5.84. The van der Waals surface area contributed by atoms with Gasteiger partial charge in [0.15, 0.2) is 0 Å². The summed E-state index contributed by atoms with van der Waals surface area (Å²) in [7, 11) is 0. The van der Waals surface area contributed by atoms with Gasteiger partial charge in [-0.3, -0.25) is 0 Å². The maximum atomic E-state index is 13.4. The number of esters is 1. The normalized spacial score (nSPS) is 14.3. The predicted octanol–water partition coefficient (Wildman–Crippen LogP) is 8.03. The van der Waals surface area contributed by atoms with Gasteiger partial charge in [-0.05, 0) is 70.4 Å². The molecule has 3 aromatic carbocycles. The number of carbonyl (C=O) groups is 1. The molecule has 0 bridgehead atoms.